The third-order valence-electron chi connectivity index (χ3n) is 3.84. The van der Waals surface area contributed by atoms with Crippen molar-refractivity contribution in [3.05, 3.63) is 34.2 Å². The predicted octanol–water partition coefficient (Wildman–Crippen LogP) is 2.63. The maximum atomic E-state index is 12.0. The average Bonchev–Trinajstić information content (AvgIpc) is 2.71. The lowest BCUT2D eigenvalue weighted by Crippen LogP contribution is -2.24. The van der Waals surface area contributed by atoms with Gasteiger partial charge in [0.1, 0.15) is 0 Å². The summed E-state index contributed by atoms with van der Waals surface area (Å²) in [5, 5.41) is 9.04. The highest BCUT2D eigenvalue weighted by atomic mass is 16.4. The van der Waals surface area contributed by atoms with Gasteiger partial charge in [-0.2, -0.15) is 0 Å². The van der Waals surface area contributed by atoms with E-state index in [1.54, 1.807) is 16.7 Å². The van der Waals surface area contributed by atoms with Crippen molar-refractivity contribution in [2.24, 2.45) is 5.92 Å². The summed E-state index contributed by atoms with van der Waals surface area (Å²) in [6.07, 6.45) is 0.957. The van der Waals surface area contributed by atoms with E-state index in [9.17, 15) is 9.59 Å². The van der Waals surface area contributed by atoms with Crippen molar-refractivity contribution in [1.29, 1.82) is 0 Å². The van der Waals surface area contributed by atoms with Crippen LogP contribution in [0, 0.1) is 5.92 Å². The van der Waals surface area contributed by atoms with Crippen LogP contribution >= 0.6 is 0 Å². The van der Waals surface area contributed by atoms with Crippen LogP contribution in [0.1, 0.15) is 43.6 Å². The van der Waals surface area contributed by atoms with Crippen LogP contribution in [0.3, 0.4) is 0 Å². The fourth-order valence-corrected chi connectivity index (χ4v) is 2.25. The molecule has 2 unspecified atom stereocenters. The van der Waals surface area contributed by atoms with Gasteiger partial charge >= 0.3 is 11.7 Å². The molecule has 102 valence electrons. The first kappa shape index (κ1) is 13.4. The maximum Gasteiger partial charge on any atom is 0.335 e. The van der Waals surface area contributed by atoms with E-state index in [1.807, 2.05) is 6.92 Å². The van der Waals surface area contributed by atoms with Gasteiger partial charge in [0.05, 0.1) is 16.6 Å². The van der Waals surface area contributed by atoms with Gasteiger partial charge in [0.2, 0.25) is 0 Å². The van der Waals surface area contributed by atoms with Crippen LogP contribution in [-0.4, -0.2) is 20.6 Å². The van der Waals surface area contributed by atoms with E-state index in [0.29, 0.717) is 17.0 Å². The number of hydrogen-bond donors (Lipinski definition) is 2. The van der Waals surface area contributed by atoms with Crippen molar-refractivity contribution in [3.8, 4) is 0 Å². The van der Waals surface area contributed by atoms with Crippen LogP contribution in [0.15, 0.2) is 23.0 Å². The Bertz CT molecular complexity index is 669. The molecule has 5 nitrogen and oxygen atoms in total. The van der Waals surface area contributed by atoms with Gasteiger partial charge < -0.3 is 10.1 Å². The van der Waals surface area contributed by atoms with Crippen molar-refractivity contribution in [1.82, 2.24) is 9.55 Å². The summed E-state index contributed by atoms with van der Waals surface area (Å²) >= 11 is 0. The topological polar surface area (TPSA) is 75.1 Å². The predicted molar refractivity (Wildman–Crippen MR) is 73.7 cm³/mol. The molecule has 1 aromatic heterocycles. The summed E-state index contributed by atoms with van der Waals surface area (Å²) in [6.45, 7) is 6.14. The number of imidazole rings is 1. The van der Waals surface area contributed by atoms with Crippen molar-refractivity contribution in [2.45, 2.75) is 33.2 Å². The third kappa shape index (κ3) is 2.28. The molecule has 0 spiro atoms. The molecule has 1 heterocycles. The smallest absolute Gasteiger partial charge is 0.335 e. The van der Waals surface area contributed by atoms with Crippen LogP contribution in [0.5, 0.6) is 0 Å². The third-order valence-corrected chi connectivity index (χ3v) is 3.84. The number of aromatic carboxylic acids is 1. The molecule has 19 heavy (non-hydrogen) atoms. The van der Waals surface area contributed by atoms with Gasteiger partial charge in [-0.25, -0.2) is 9.59 Å². The van der Waals surface area contributed by atoms with Gasteiger partial charge in [-0.15, -0.1) is 0 Å². The van der Waals surface area contributed by atoms with E-state index in [4.69, 9.17) is 5.11 Å². The summed E-state index contributed by atoms with van der Waals surface area (Å²) in [7, 11) is 0. The van der Waals surface area contributed by atoms with Crippen LogP contribution in [-0.2, 0) is 0 Å². The molecule has 2 rings (SSSR count). The SMILES string of the molecule is CCC(C)C(C)n1c(=O)[nH]c2ccc(C(=O)O)cc21. The van der Waals surface area contributed by atoms with E-state index in [-0.39, 0.29) is 17.3 Å². The summed E-state index contributed by atoms with van der Waals surface area (Å²) in [4.78, 5) is 25.8. The molecule has 0 bridgehead atoms. The van der Waals surface area contributed by atoms with Gasteiger partial charge in [0.25, 0.3) is 0 Å². The Morgan fingerprint density at radius 2 is 2.11 bits per heavy atom. The number of nitrogens with one attached hydrogen (secondary N) is 1. The largest absolute Gasteiger partial charge is 0.478 e. The monoisotopic (exact) mass is 262 g/mol. The molecule has 0 amide bonds. The van der Waals surface area contributed by atoms with Gasteiger partial charge in [-0.1, -0.05) is 20.3 Å². The van der Waals surface area contributed by atoms with Gasteiger partial charge in [-0.3, -0.25) is 4.57 Å². The van der Waals surface area contributed by atoms with E-state index in [0.717, 1.165) is 6.42 Å². The number of carbonyl (C=O) groups is 1. The Balaban J connectivity index is 2.65. The summed E-state index contributed by atoms with van der Waals surface area (Å²) in [6, 6.07) is 4.71. The molecule has 0 aliphatic rings. The highest BCUT2D eigenvalue weighted by Crippen LogP contribution is 2.23. The number of aromatic amines is 1. The number of carboxylic acids is 1. The number of hydrogen-bond acceptors (Lipinski definition) is 2. The maximum absolute atomic E-state index is 12.0. The Labute approximate surface area is 110 Å². The second-order valence-corrected chi connectivity index (χ2v) is 4.96. The molecular weight excluding hydrogens is 244 g/mol. The number of benzene rings is 1. The van der Waals surface area contributed by atoms with Crippen molar-refractivity contribution in [3.63, 3.8) is 0 Å². The zero-order valence-electron chi connectivity index (χ0n) is 11.3. The number of carboxylic acid groups (broad SMARTS) is 1. The second-order valence-electron chi connectivity index (χ2n) is 4.96. The standard InChI is InChI=1S/C14H18N2O3/c1-4-8(2)9(3)16-12-7-10(13(17)18)5-6-11(12)15-14(16)19/h5-9H,4H2,1-3H3,(H,15,19)(H,17,18). The summed E-state index contributed by atoms with van der Waals surface area (Å²) in [5.74, 6) is -0.650. The minimum atomic E-state index is -0.988. The second kappa shape index (κ2) is 4.91. The van der Waals surface area contributed by atoms with Gasteiger partial charge in [0.15, 0.2) is 0 Å². The van der Waals surface area contributed by atoms with E-state index in [1.165, 1.54) is 6.07 Å². The summed E-state index contributed by atoms with van der Waals surface area (Å²) < 4.78 is 1.65. The molecule has 2 atom stereocenters. The Hall–Kier alpha value is -2.04. The van der Waals surface area contributed by atoms with Crippen LogP contribution in [0.4, 0.5) is 0 Å². The van der Waals surface area contributed by atoms with Crippen LogP contribution in [0.2, 0.25) is 0 Å². The summed E-state index contributed by atoms with van der Waals surface area (Å²) in [5.41, 5.74) is 1.32. The quantitative estimate of drug-likeness (QED) is 0.889. The minimum Gasteiger partial charge on any atom is -0.478 e. The fourth-order valence-electron chi connectivity index (χ4n) is 2.25. The first-order valence-electron chi connectivity index (χ1n) is 6.43. The lowest BCUT2D eigenvalue weighted by Gasteiger charge is -2.19. The zero-order chi connectivity index (χ0) is 14.2. The molecule has 1 aromatic carbocycles. The molecule has 0 saturated carbocycles. The van der Waals surface area contributed by atoms with E-state index in [2.05, 4.69) is 18.8 Å². The fraction of sp³-hybridized carbons (Fsp3) is 0.429. The Kier molecular flexibility index (Phi) is 3.46. The highest BCUT2D eigenvalue weighted by molar-refractivity contribution is 5.92. The number of fused-ring (bicyclic) bond motifs is 1. The molecule has 2 N–H and O–H groups in total. The average molecular weight is 262 g/mol. The normalized spacial score (nSPS) is 14.5. The van der Waals surface area contributed by atoms with E-state index < -0.39 is 5.97 Å². The molecule has 0 aliphatic heterocycles. The molecule has 5 heteroatoms. The first-order valence-corrected chi connectivity index (χ1v) is 6.43. The molecule has 0 aliphatic carbocycles. The van der Waals surface area contributed by atoms with E-state index >= 15 is 0 Å². The van der Waals surface area contributed by atoms with Crippen LogP contribution < -0.4 is 5.69 Å². The van der Waals surface area contributed by atoms with Crippen LogP contribution in [0.25, 0.3) is 11.0 Å². The van der Waals surface area contributed by atoms with Crippen molar-refractivity contribution < 1.29 is 9.90 Å². The van der Waals surface area contributed by atoms with Gasteiger partial charge in [0, 0.05) is 6.04 Å². The first-order chi connectivity index (χ1) is 8.95. The Morgan fingerprint density at radius 3 is 2.68 bits per heavy atom. The molecule has 0 saturated heterocycles. The molecular formula is C14H18N2O3. The molecule has 2 aromatic rings. The number of aromatic nitrogens is 2. The number of nitrogens with zero attached hydrogens (tertiary/aromatic N) is 1. The Morgan fingerprint density at radius 1 is 1.42 bits per heavy atom. The van der Waals surface area contributed by atoms with Gasteiger partial charge in [-0.05, 0) is 31.0 Å². The molecule has 0 fully saturated rings. The van der Waals surface area contributed by atoms with Crippen molar-refractivity contribution in [2.75, 3.05) is 0 Å². The van der Waals surface area contributed by atoms with Crippen molar-refractivity contribution >= 4 is 17.0 Å². The lowest BCUT2D eigenvalue weighted by atomic mass is 10.0. The highest BCUT2D eigenvalue weighted by Gasteiger charge is 2.18. The number of H-pyrrole nitrogens is 1. The number of rotatable bonds is 4. The zero-order valence-corrected chi connectivity index (χ0v) is 11.3. The lowest BCUT2D eigenvalue weighted by molar-refractivity contribution is 0.0697. The minimum absolute atomic E-state index is 0.0234. The molecule has 0 radical (unpaired) electrons.